The van der Waals surface area contributed by atoms with Crippen LogP contribution in [0.4, 0.5) is 9.52 Å². The zero-order valence-electron chi connectivity index (χ0n) is 10.5. The number of carbonyl (C=O) groups is 1. The number of thiazole rings is 1. The number of aromatic nitrogens is 1. The highest BCUT2D eigenvalue weighted by molar-refractivity contribution is 9.10. The van der Waals surface area contributed by atoms with Crippen molar-refractivity contribution in [1.82, 2.24) is 4.98 Å². The summed E-state index contributed by atoms with van der Waals surface area (Å²) in [7, 11) is 0. The van der Waals surface area contributed by atoms with Gasteiger partial charge in [0.15, 0.2) is 5.13 Å². The third-order valence-electron chi connectivity index (χ3n) is 2.64. The second-order valence-electron chi connectivity index (χ2n) is 3.93. The quantitative estimate of drug-likeness (QED) is 0.909. The van der Waals surface area contributed by atoms with Crippen LogP contribution in [0.5, 0.6) is 0 Å². The molecule has 0 atom stereocenters. The molecule has 0 bridgehead atoms. The van der Waals surface area contributed by atoms with Crippen LogP contribution in [0.15, 0.2) is 22.7 Å². The van der Waals surface area contributed by atoms with Gasteiger partial charge in [0.2, 0.25) is 0 Å². The van der Waals surface area contributed by atoms with Crippen molar-refractivity contribution in [1.29, 1.82) is 0 Å². The molecule has 0 aliphatic heterocycles. The highest BCUT2D eigenvalue weighted by Crippen LogP contribution is 2.25. The van der Waals surface area contributed by atoms with Gasteiger partial charge in [-0.1, -0.05) is 13.0 Å². The maximum Gasteiger partial charge on any atom is 0.258 e. The van der Waals surface area contributed by atoms with Gasteiger partial charge in [-0.05, 0) is 41.4 Å². The molecule has 0 fully saturated rings. The first-order valence-corrected chi connectivity index (χ1v) is 7.35. The van der Waals surface area contributed by atoms with Crippen molar-refractivity contribution in [3.63, 3.8) is 0 Å². The molecule has 19 heavy (non-hydrogen) atoms. The average Bonchev–Trinajstić information content (AvgIpc) is 2.72. The van der Waals surface area contributed by atoms with E-state index in [0.717, 1.165) is 17.0 Å². The van der Waals surface area contributed by atoms with Gasteiger partial charge in [-0.25, -0.2) is 9.37 Å². The summed E-state index contributed by atoms with van der Waals surface area (Å²) in [6, 6.07) is 4.35. The minimum Gasteiger partial charge on any atom is -0.298 e. The molecule has 0 saturated heterocycles. The number of nitrogens with zero attached hydrogens (tertiary/aromatic N) is 1. The molecular weight excluding hydrogens is 331 g/mol. The lowest BCUT2D eigenvalue weighted by molar-refractivity contribution is 0.102. The first-order valence-electron chi connectivity index (χ1n) is 5.74. The predicted molar refractivity (Wildman–Crippen MR) is 78.3 cm³/mol. The highest BCUT2D eigenvalue weighted by Gasteiger charge is 2.15. The van der Waals surface area contributed by atoms with Gasteiger partial charge in [0, 0.05) is 4.88 Å². The van der Waals surface area contributed by atoms with Crippen LogP contribution < -0.4 is 5.32 Å². The first kappa shape index (κ1) is 14.1. The minimum atomic E-state index is -0.461. The molecule has 0 radical (unpaired) electrons. The Bertz CT molecular complexity index is 627. The highest BCUT2D eigenvalue weighted by atomic mass is 79.9. The van der Waals surface area contributed by atoms with Crippen molar-refractivity contribution in [3.05, 3.63) is 44.6 Å². The van der Waals surface area contributed by atoms with E-state index < -0.39 is 5.82 Å². The number of hydrogen-bond donors (Lipinski definition) is 1. The number of aryl methyl sites for hydroxylation is 2. The van der Waals surface area contributed by atoms with Crippen LogP contribution in [-0.2, 0) is 6.42 Å². The summed E-state index contributed by atoms with van der Waals surface area (Å²) >= 11 is 4.49. The van der Waals surface area contributed by atoms with Crippen LogP contribution in [0.25, 0.3) is 0 Å². The smallest absolute Gasteiger partial charge is 0.258 e. The van der Waals surface area contributed by atoms with Crippen molar-refractivity contribution in [3.8, 4) is 0 Å². The predicted octanol–water partition coefficient (Wildman–Crippen LogP) is 4.17. The van der Waals surface area contributed by atoms with Crippen molar-refractivity contribution >= 4 is 38.3 Å². The molecule has 6 heteroatoms. The van der Waals surface area contributed by atoms with Crippen molar-refractivity contribution in [2.45, 2.75) is 20.3 Å². The molecule has 0 saturated carbocycles. The maximum atomic E-state index is 13.4. The van der Waals surface area contributed by atoms with E-state index in [1.807, 2.05) is 13.8 Å². The van der Waals surface area contributed by atoms with Crippen molar-refractivity contribution < 1.29 is 9.18 Å². The van der Waals surface area contributed by atoms with Crippen LogP contribution in [0.1, 0.15) is 27.9 Å². The minimum absolute atomic E-state index is 0.163. The van der Waals surface area contributed by atoms with E-state index in [9.17, 15) is 9.18 Å². The Morgan fingerprint density at radius 2 is 2.26 bits per heavy atom. The Balaban J connectivity index is 2.23. The molecule has 3 nitrogen and oxygen atoms in total. The maximum absolute atomic E-state index is 13.4. The molecule has 2 aromatic rings. The summed E-state index contributed by atoms with van der Waals surface area (Å²) in [5.41, 5.74) is 1.23. The molecule has 100 valence electrons. The standard InChI is InChI=1S/C13H12BrFN2OS/c1-3-10-7(2)19-13(16-10)17-12(18)8-5-4-6-9(15)11(8)14/h4-6H,3H2,1-2H3,(H,16,17,18). The van der Waals surface area contributed by atoms with Crippen LogP contribution in [-0.4, -0.2) is 10.9 Å². The molecule has 1 N–H and O–H groups in total. The topological polar surface area (TPSA) is 42.0 Å². The number of hydrogen-bond acceptors (Lipinski definition) is 3. The van der Waals surface area contributed by atoms with E-state index in [2.05, 4.69) is 26.2 Å². The molecule has 1 aromatic heterocycles. The van der Waals surface area contributed by atoms with E-state index in [-0.39, 0.29) is 15.9 Å². The number of benzene rings is 1. The Morgan fingerprint density at radius 3 is 2.89 bits per heavy atom. The lowest BCUT2D eigenvalue weighted by atomic mass is 10.2. The van der Waals surface area contributed by atoms with E-state index in [1.54, 1.807) is 6.07 Å². The number of rotatable bonds is 3. The van der Waals surface area contributed by atoms with Gasteiger partial charge in [-0.15, -0.1) is 11.3 Å². The largest absolute Gasteiger partial charge is 0.298 e. The number of nitrogens with one attached hydrogen (secondary N) is 1. The average molecular weight is 343 g/mol. The second kappa shape index (κ2) is 5.79. The molecule has 0 aliphatic carbocycles. The Kier molecular flexibility index (Phi) is 4.31. The number of halogens is 2. The van der Waals surface area contributed by atoms with Gasteiger partial charge in [-0.3, -0.25) is 10.1 Å². The number of anilines is 1. The second-order valence-corrected chi connectivity index (χ2v) is 5.93. The molecule has 1 heterocycles. The lowest BCUT2D eigenvalue weighted by Crippen LogP contribution is -2.13. The zero-order chi connectivity index (χ0) is 14.0. The third kappa shape index (κ3) is 3.01. The molecule has 0 unspecified atom stereocenters. The molecule has 2 rings (SSSR count). The normalized spacial score (nSPS) is 10.5. The van der Waals surface area contributed by atoms with E-state index in [0.29, 0.717) is 5.13 Å². The van der Waals surface area contributed by atoms with E-state index in [4.69, 9.17) is 0 Å². The van der Waals surface area contributed by atoms with Crippen molar-refractivity contribution in [2.75, 3.05) is 5.32 Å². The number of amides is 1. The fourth-order valence-corrected chi connectivity index (χ4v) is 2.99. The summed E-state index contributed by atoms with van der Waals surface area (Å²) in [6.07, 6.45) is 0.821. The van der Waals surface area contributed by atoms with Gasteiger partial charge >= 0.3 is 0 Å². The Morgan fingerprint density at radius 1 is 1.53 bits per heavy atom. The molecule has 1 aromatic carbocycles. The summed E-state index contributed by atoms with van der Waals surface area (Å²) in [5, 5.41) is 3.23. The molecular formula is C13H12BrFN2OS. The first-order chi connectivity index (χ1) is 9.02. The SMILES string of the molecule is CCc1nc(NC(=O)c2cccc(F)c2Br)sc1C. The summed E-state index contributed by atoms with van der Waals surface area (Å²) < 4.78 is 13.5. The van der Waals surface area contributed by atoms with E-state index in [1.165, 1.54) is 23.5 Å². The summed E-state index contributed by atoms with van der Waals surface area (Å²) in [6.45, 7) is 3.97. The fourth-order valence-electron chi connectivity index (χ4n) is 1.65. The monoisotopic (exact) mass is 342 g/mol. The fraction of sp³-hybridized carbons (Fsp3) is 0.231. The molecule has 1 amide bonds. The van der Waals surface area contributed by atoms with Crippen LogP contribution in [0.3, 0.4) is 0 Å². The summed E-state index contributed by atoms with van der Waals surface area (Å²) in [4.78, 5) is 17.5. The van der Waals surface area contributed by atoms with Crippen LogP contribution in [0.2, 0.25) is 0 Å². The lowest BCUT2D eigenvalue weighted by Gasteiger charge is -2.04. The third-order valence-corrected chi connectivity index (χ3v) is 4.38. The van der Waals surface area contributed by atoms with Gasteiger partial charge < -0.3 is 0 Å². The van der Waals surface area contributed by atoms with Crippen LogP contribution >= 0.6 is 27.3 Å². The Hall–Kier alpha value is -1.27. The van der Waals surface area contributed by atoms with Gasteiger partial charge in [-0.2, -0.15) is 0 Å². The van der Waals surface area contributed by atoms with Crippen molar-refractivity contribution in [2.24, 2.45) is 0 Å². The molecule has 0 spiro atoms. The molecule has 0 aliphatic rings. The number of carbonyl (C=O) groups excluding carboxylic acids is 1. The zero-order valence-corrected chi connectivity index (χ0v) is 12.9. The van der Waals surface area contributed by atoms with Gasteiger partial charge in [0.25, 0.3) is 5.91 Å². The van der Waals surface area contributed by atoms with Gasteiger partial charge in [0.05, 0.1) is 15.7 Å². The van der Waals surface area contributed by atoms with Gasteiger partial charge in [0.1, 0.15) is 5.82 Å². The van der Waals surface area contributed by atoms with Crippen LogP contribution in [0, 0.1) is 12.7 Å². The Labute approximate surface area is 123 Å². The summed E-state index contributed by atoms with van der Waals surface area (Å²) in [5.74, 6) is -0.833. The van der Waals surface area contributed by atoms with E-state index >= 15 is 0 Å².